The minimum atomic E-state index is -0.241. The minimum absolute atomic E-state index is 0.0245. The van der Waals surface area contributed by atoms with E-state index in [1.807, 2.05) is 12.3 Å². The van der Waals surface area contributed by atoms with Crippen molar-refractivity contribution < 1.29 is 14.3 Å². The van der Waals surface area contributed by atoms with Crippen LogP contribution in [-0.4, -0.2) is 71.4 Å². The molecule has 3 aromatic rings. The number of aromatic amines is 1. The second-order valence-corrected chi connectivity index (χ2v) is 9.94. The number of nitrogens with zero attached hydrogens (tertiary/aromatic N) is 4. The predicted molar refractivity (Wildman–Crippen MR) is 121 cm³/mol. The van der Waals surface area contributed by atoms with Gasteiger partial charge in [0.05, 0.1) is 24.6 Å². The van der Waals surface area contributed by atoms with Crippen LogP contribution in [0.5, 0.6) is 0 Å². The number of carbonyl (C=O) groups is 1. The van der Waals surface area contributed by atoms with Crippen LogP contribution in [0.25, 0.3) is 21.7 Å². The van der Waals surface area contributed by atoms with Crippen LogP contribution in [0.1, 0.15) is 26.5 Å². The van der Waals surface area contributed by atoms with Crippen molar-refractivity contribution in [2.24, 2.45) is 0 Å². The van der Waals surface area contributed by atoms with Crippen molar-refractivity contribution in [3.05, 3.63) is 29.4 Å². The number of anilines is 1. The van der Waals surface area contributed by atoms with Gasteiger partial charge in [0.2, 0.25) is 0 Å². The van der Waals surface area contributed by atoms with Crippen LogP contribution in [0.3, 0.4) is 0 Å². The van der Waals surface area contributed by atoms with Gasteiger partial charge in [0.1, 0.15) is 10.7 Å². The average Bonchev–Trinajstić information content (AvgIpc) is 3.37. The van der Waals surface area contributed by atoms with Crippen molar-refractivity contribution in [1.82, 2.24) is 19.9 Å². The highest BCUT2D eigenvalue weighted by Gasteiger charge is 2.28. The second-order valence-electron chi connectivity index (χ2n) is 9.08. The van der Waals surface area contributed by atoms with Crippen LogP contribution < -0.4 is 4.90 Å². The largest absolute Gasteiger partial charge is 0.441 e. The van der Waals surface area contributed by atoms with Gasteiger partial charge in [-0.1, -0.05) is 20.8 Å². The van der Waals surface area contributed by atoms with Crippen molar-refractivity contribution >= 4 is 34.2 Å². The van der Waals surface area contributed by atoms with E-state index in [-0.39, 0.29) is 17.6 Å². The molecule has 0 aromatic carbocycles. The number of pyridine rings is 1. The number of ether oxygens (including phenoxy) is 2. The van der Waals surface area contributed by atoms with Crippen LogP contribution in [0.2, 0.25) is 0 Å². The first kappa shape index (κ1) is 20.3. The molecule has 0 unspecified atom stereocenters. The molecule has 0 radical (unpaired) electrons. The lowest BCUT2D eigenvalue weighted by Gasteiger charge is -2.37. The molecule has 1 amide bonds. The summed E-state index contributed by atoms with van der Waals surface area (Å²) in [5.41, 5.74) is 4.08. The highest BCUT2D eigenvalue weighted by Crippen LogP contribution is 2.34. The summed E-state index contributed by atoms with van der Waals surface area (Å²) in [5.74, 6) is 0. The Bertz CT molecular complexity index is 1090. The Labute approximate surface area is 185 Å². The monoisotopic (exact) mass is 441 g/mol. The van der Waals surface area contributed by atoms with Gasteiger partial charge in [-0.15, -0.1) is 11.3 Å². The Morgan fingerprint density at radius 3 is 2.68 bits per heavy atom. The number of thiazole rings is 1. The molecule has 2 saturated heterocycles. The molecule has 1 N–H and O–H groups in total. The summed E-state index contributed by atoms with van der Waals surface area (Å²) in [4.78, 5) is 29.2. The number of hydrogen-bond acceptors (Lipinski definition) is 7. The standard InChI is InChI=1S/C22H27N5O3S/c1-22(2,3)18-13-31-20(25-18)16-10-15-17(4-5-23-19(15)24-16)26-6-8-27(9-7-26)21(28)30-14-11-29-12-14/h4-5,10,13-14H,6-9,11-12H2,1-3H3,(H,23,24). The predicted octanol–water partition coefficient (Wildman–Crippen LogP) is 3.64. The average molecular weight is 442 g/mol. The van der Waals surface area contributed by atoms with Gasteiger partial charge in [0.25, 0.3) is 0 Å². The molecule has 0 atom stereocenters. The van der Waals surface area contributed by atoms with Gasteiger partial charge in [-0.3, -0.25) is 0 Å². The Morgan fingerprint density at radius 1 is 1.26 bits per heavy atom. The Kier molecular flexibility index (Phi) is 5.10. The summed E-state index contributed by atoms with van der Waals surface area (Å²) in [7, 11) is 0. The van der Waals surface area contributed by atoms with E-state index in [9.17, 15) is 4.79 Å². The number of carbonyl (C=O) groups excluding carboxylic acids is 1. The molecule has 5 rings (SSSR count). The molecule has 0 spiro atoms. The zero-order valence-corrected chi connectivity index (χ0v) is 18.9. The minimum Gasteiger partial charge on any atom is -0.441 e. The topological polar surface area (TPSA) is 83.6 Å². The third-order valence-corrected chi connectivity index (χ3v) is 6.64. The van der Waals surface area contributed by atoms with Crippen LogP contribution >= 0.6 is 11.3 Å². The molecule has 31 heavy (non-hydrogen) atoms. The first-order valence-corrected chi connectivity index (χ1v) is 11.5. The highest BCUT2D eigenvalue weighted by atomic mass is 32.1. The molecular weight excluding hydrogens is 414 g/mol. The first-order valence-electron chi connectivity index (χ1n) is 10.6. The third-order valence-electron chi connectivity index (χ3n) is 5.77. The van der Waals surface area contributed by atoms with E-state index < -0.39 is 0 Å². The van der Waals surface area contributed by atoms with E-state index in [4.69, 9.17) is 14.5 Å². The van der Waals surface area contributed by atoms with Gasteiger partial charge in [0.15, 0.2) is 6.10 Å². The highest BCUT2D eigenvalue weighted by molar-refractivity contribution is 7.13. The van der Waals surface area contributed by atoms with Crippen LogP contribution in [0, 0.1) is 0 Å². The van der Waals surface area contributed by atoms with Crippen molar-refractivity contribution in [3.63, 3.8) is 0 Å². The maximum atomic E-state index is 12.3. The number of nitrogens with one attached hydrogen (secondary N) is 1. The lowest BCUT2D eigenvalue weighted by molar-refractivity contribution is -0.104. The number of aromatic nitrogens is 3. The Balaban J connectivity index is 1.33. The molecule has 2 aliphatic rings. The molecule has 164 valence electrons. The van der Waals surface area contributed by atoms with Crippen molar-refractivity contribution in [2.45, 2.75) is 32.3 Å². The lowest BCUT2D eigenvalue weighted by Crippen LogP contribution is -2.51. The number of amides is 1. The fourth-order valence-electron chi connectivity index (χ4n) is 3.77. The summed E-state index contributed by atoms with van der Waals surface area (Å²) >= 11 is 1.65. The summed E-state index contributed by atoms with van der Waals surface area (Å²) in [6.45, 7) is 10.3. The smallest absolute Gasteiger partial charge is 0.410 e. The van der Waals surface area contributed by atoms with E-state index in [2.05, 4.69) is 47.1 Å². The van der Waals surface area contributed by atoms with Crippen LogP contribution in [0.4, 0.5) is 10.5 Å². The molecule has 0 bridgehead atoms. The fraction of sp³-hybridized carbons (Fsp3) is 0.500. The summed E-state index contributed by atoms with van der Waals surface area (Å²) in [6.07, 6.45) is 1.50. The van der Waals surface area contributed by atoms with Gasteiger partial charge < -0.3 is 24.3 Å². The van der Waals surface area contributed by atoms with E-state index in [0.29, 0.717) is 26.3 Å². The zero-order chi connectivity index (χ0) is 21.6. The van der Waals surface area contributed by atoms with Crippen molar-refractivity contribution in [1.29, 1.82) is 0 Å². The normalized spacial score (nSPS) is 17.8. The quantitative estimate of drug-likeness (QED) is 0.668. The molecule has 2 fully saturated rings. The third kappa shape index (κ3) is 3.99. The fourth-order valence-corrected chi connectivity index (χ4v) is 4.79. The molecule has 9 heteroatoms. The summed E-state index contributed by atoms with van der Waals surface area (Å²) in [6, 6.07) is 4.18. The SMILES string of the molecule is CC(C)(C)c1csc(-c2cc3c(N4CCN(C(=O)OC5COC5)CC4)ccnc3[nH]2)n1. The molecular formula is C22H27N5O3S. The maximum absolute atomic E-state index is 12.3. The van der Waals surface area contributed by atoms with Gasteiger partial charge >= 0.3 is 6.09 Å². The number of hydrogen-bond donors (Lipinski definition) is 1. The Hall–Kier alpha value is -2.65. The first-order chi connectivity index (χ1) is 14.9. The molecule has 3 aromatic heterocycles. The van der Waals surface area contributed by atoms with Crippen LogP contribution in [-0.2, 0) is 14.9 Å². The number of H-pyrrole nitrogens is 1. The molecule has 0 saturated carbocycles. The van der Waals surface area contributed by atoms with Crippen molar-refractivity contribution in [2.75, 3.05) is 44.3 Å². The number of rotatable bonds is 3. The molecule has 0 aliphatic carbocycles. The lowest BCUT2D eigenvalue weighted by atomic mass is 9.93. The van der Waals surface area contributed by atoms with E-state index in [1.54, 1.807) is 16.2 Å². The van der Waals surface area contributed by atoms with Gasteiger partial charge in [-0.2, -0.15) is 0 Å². The summed E-state index contributed by atoms with van der Waals surface area (Å²) < 4.78 is 10.5. The second kappa shape index (κ2) is 7.80. The molecule has 5 heterocycles. The number of fused-ring (bicyclic) bond motifs is 1. The zero-order valence-electron chi connectivity index (χ0n) is 18.1. The van der Waals surface area contributed by atoms with E-state index in [0.717, 1.165) is 46.2 Å². The molecule has 2 aliphatic heterocycles. The van der Waals surface area contributed by atoms with E-state index >= 15 is 0 Å². The number of piperazine rings is 1. The summed E-state index contributed by atoms with van der Waals surface area (Å²) in [5, 5.41) is 4.18. The molecule has 8 nitrogen and oxygen atoms in total. The Morgan fingerprint density at radius 2 is 2.03 bits per heavy atom. The van der Waals surface area contributed by atoms with Gasteiger partial charge in [-0.05, 0) is 12.1 Å². The van der Waals surface area contributed by atoms with Crippen LogP contribution in [0.15, 0.2) is 23.7 Å². The van der Waals surface area contributed by atoms with Crippen molar-refractivity contribution in [3.8, 4) is 10.7 Å². The van der Waals surface area contributed by atoms with E-state index in [1.165, 1.54) is 0 Å². The van der Waals surface area contributed by atoms with Gasteiger partial charge in [0, 0.05) is 54.2 Å². The maximum Gasteiger partial charge on any atom is 0.410 e. The van der Waals surface area contributed by atoms with Gasteiger partial charge in [-0.25, -0.2) is 14.8 Å².